The molecular formula is C32H44O7. The van der Waals surface area contributed by atoms with Gasteiger partial charge in [0.25, 0.3) is 0 Å². The number of rotatable bonds is 3. The van der Waals surface area contributed by atoms with Crippen LogP contribution in [0, 0.1) is 51.2 Å². The predicted octanol–water partition coefficient (Wildman–Crippen LogP) is 4.61. The van der Waals surface area contributed by atoms with Gasteiger partial charge in [0.15, 0.2) is 11.6 Å². The summed E-state index contributed by atoms with van der Waals surface area (Å²) in [5.41, 5.74) is -1.59. The number of hydrogen-bond acceptors (Lipinski definition) is 7. The number of esters is 2. The lowest BCUT2D eigenvalue weighted by atomic mass is 9.47. The van der Waals surface area contributed by atoms with Crippen molar-refractivity contribution in [1.29, 1.82) is 0 Å². The summed E-state index contributed by atoms with van der Waals surface area (Å²) in [5.74, 6) is -2.24. The molecule has 0 bridgehead atoms. The zero-order valence-corrected chi connectivity index (χ0v) is 24.7. The van der Waals surface area contributed by atoms with Gasteiger partial charge in [0.2, 0.25) is 0 Å². The topological polar surface area (TPSA) is 107 Å². The standard InChI is InChI=1S/C32H44O7/c1-16-9-11-29(5)18(3)21(15-24(34)31(16,29)27(36)38-7)20-13-22-25(23(33)14-20)19(4)30(6)12-10-17(2)32(30,26(22)35)28(37)39-8/h15-20,23,33H,9-14H2,1-8H3/t16-,17-,18-,19-,20+,23+,29+,30+,31-,32-/m1/s1. The molecule has 5 aliphatic rings. The molecule has 214 valence electrons. The van der Waals surface area contributed by atoms with E-state index in [1.807, 2.05) is 34.6 Å². The van der Waals surface area contributed by atoms with E-state index in [4.69, 9.17) is 9.47 Å². The molecular weight excluding hydrogens is 496 g/mol. The zero-order chi connectivity index (χ0) is 28.9. The highest BCUT2D eigenvalue weighted by Crippen LogP contribution is 2.69. The molecule has 0 aromatic carbocycles. The SMILES string of the molecule is COC(=O)[C@@]12C(=O)C3=C([C@@H](C)[C@]1(C)CC[C@H]2C)[C@@H](O)C[C@@H](C1=CC(=O)[C@@]2(C(=O)OC)[C@H](C)CC[C@@]2(C)[C@@H]1C)C3. The molecule has 0 aromatic rings. The first-order valence-corrected chi connectivity index (χ1v) is 14.6. The summed E-state index contributed by atoms with van der Waals surface area (Å²) in [5, 5.41) is 11.6. The molecule has 39 heavy (non-hydrogen) atoms. The highest BCUT2D eigenvalue weighted by molar-refractivity contribution is 6.15. The van der Waals surface area contributed by atoms with E-state index in [2.05, 4.69) is 6.92 Å². The highest BCUT2D eigenvalue weighted by Gasteiger charge is 2.72. The van der Waals surface area contributed by atoms with E-state index in [-0.39, 0.29) is 41.2 Å². The molecule has 0 unspecified atom stereocenters. The van der Waals surface area contributed by atoms with Crippen molar-refractivity contribution in [1.82, 2.24) is 0 Å². The largest absolute Gasteiger partial charge is 0.468 e. The summed E-state index contributed by atoms with van der Waals surface area (Å²) in [6, 6.07) is 0. The molecule has 10 atom stereocenters. The smallest absolute Gasteiger partial charge is 0.320 e. The normalized spacial score (nSPS) is 47.3. The Morgan fingerprint density at radius 1 is 0.872 bits per heavy atom. The van der Waals surface area contributed by atoms with Gasteiger partial charge in [-0.15, -0.1) is 0 Å². The maximum atomic E-state index is 14.5. The summed E-state index contributed by atoms with van der Waals surface area (Å²) in [6.07, 6.45) is 4.49. The minimum atomic E-state index is -1.28. The Morgan fingerprint density at radius 3 is 1.95 bits per heavy atom. The van der Waals surface area contributed by atoms with E-state index in [0.29, 0.717) is 31.3 Å². The summed E-state index contributed by atoms with van der Waals surface area (Å²) in [4.78, 5) is 55.1. The number of aliphatic hydroxyl groups is 1. The molecule has 2 fully saturated rings. The van der Waals surface area contributed by atoms with E-state index in [9.17, 15) is 24.3 Å². The fourth-order valence-corrected chi connectivity index (χ4v) is 10.4. The molecule has 2 saturated carbocycles. The van der Waals surface area contributed by atoms with Crippen molar-refractivity contribution in [3.05, 3.63) is 22.8 Å². The van der Waals surface area contributed by atoms with Gasteiger partial charge in [0.1, 0.15) is 10.8 Å². The lowest BCUT2D eigenvalue weighted by Crippen LogP contribution is -2.60. The van der Waals surface area contributed by atoms with Gasteiger partial charge in [0.05, 0.1) is 20.3 Å². The number of carbonyl (C=O) groups is 4. The van der Waals surface area contributed by atoms with Crippen LogP contribution in [0.15, 0.2) is 22.8 Å². The molecule has 7 nitrogen and oxygen atoms in total. The maximum Gasteiger partial charge on any atom is 0.320 e. The van der Waals surface area contributed by atoms with Crippen molar-refractivity contribution < 1.29 is 33.8 Å². The quantitative estimate of drug-likeness (QED) is 0.412. The second-order valence-electron chi connectivity index (χ2n) is 13.7. The monoisotopic (exact) mass is 540 g/mol. The average Bonchev–Trinajstić information content (AvgIpc) is 3.35. The fraction of sp³-hybridized carbons (Fsp3) is 0.750. The number of fused-ring (bicyclic) bond motifs is 2. The van der Waals surface area contributed by atoms with Gasteiger partial charge in [-0.1, -0.05) is 47.1 Å². The van der Waals surface area contributed by atoms with Gasteiger partial charge in [-0.05, 0) is 96.2 Å². The lowest BCUT2D eigenvalue weighted by molar-refractivity contribution is -0.172. The van der Waals surface area contributed by atoms with Gasteiger partial charge in [-0.2, -0.15) is 0 Å². The molecule has 5 aliphatic carbocycles. The van der Waals surface area contributed by atoms with Gasteiger partial charge in [-0.25, -0.2) is 0 Å². The molecule has 0 saturated heterocycles. The Hall–Kier alpha value is -2.28. The molecule has 7 heteroatoms. The van der Waals surface area contributed by atoms with Crippen LogP contribution in [0.25, 0.3) is 0 Å². The van der Waals surface area contributed by atoms with Crippen molar-refractivity contribution in [2.45, 2.75) is 86.2 Å². The Bertz CT molecular complexity index is 1210. The molecule has 0 amide bonds. The summed E-state index contributed by atoms with van der Waals surface area (Å²) in [7, 11) is 2.69. The van der Waals surface area contributed by atoms with Crippen LogP contribution in [-0.4, -0.2) is 48.9 Å². The molecule has 0 heterocycles. The van der Waals surface area contributed by atoms with Crippen LogP contribution in [0.1, 0.15) is 80.1 Å². The number of carbonyl (C=O) groups excluding carboxylic acids is 4. The molecule has 0 aromatic heterocycles. The Balaban J connectivity index is 1.61. The van der Waals surface area contributed by atoms with Crippen molar-refractivity contribution in [3.8, 4) is 0 Å². The third-order valence-corrected chi connectivity index (χ3v) is 12.8. The van der Waals surface area contributed by atoms with Crippen molar-refractivity contribution in [3.63, 3.8) is 0 Å². The fourth-order valence-electron chi connectivity index (χ4n) is 10.4. The van der Waals surface area contributed by atoms with E-state index < -0.39 is 39.7 Å². The van der Waals surface area contributed by atoms with Crippen molar-refractivity contribution in [2.24, 2.45) is 51.2 Å². The molecule has 0 aliphatic heterocycles. The Kier molecular flexibility index (Phi) is 6.42. The van der Waals surface area contributed by atoms with Gasteiger partial charge >= 0.3 is 11.9 Å². The van der Waals surface area contributed by atoms with Crippen LogP contribution in [-0.2, 0) is 28.7 Å². The minimum absolute atomic E-state index is 0.125. The number of ketones is 2. The van der Waals surface area contributed by atoms with Crippen LogP contribution in [0.5, 0.6) is 0 Å². The maximum absolute atomic E-state index is 14.5. The van der Waals surface area contributed by atoms with Crippen LogP contribution < -0.4 is 0 Å². The lowest BCUT2D eigenvalue weighted by Gasteiger charge is -2.54. The van der Waals surface area contributed by atoms with Crippen LogP contribution in [0.4, 0.5) is 0 Å². The number of allylic oxidation sites excluding steroid dienone is 3. The van der Waals surface area contributed by atoms with Crippen molar-refractivity contribution in [2.75, 3.05) is 14.2 Å². The number of Topliss-reactive ketones (excluding diaryl/α,β-unsaturated/α-hetero) is 1. The molecule has 5 rings (SSSR count). The summed E-state index contributed by atoms with van der Waals surface area (Å²) in [6.45, 7) is 12.1. The van der Waals surface area contributed by atoms with E-state index in [1.54, 1.807) is 6.08 Å². The third kappa shape index (κ3) is 3.03. The van der Waals surface area contributed by atoms with Crippen LogP contribution in [0.2, 0.25) is 0 Å². The second-order valence-corrected chi connectivity index (χ2v) is 13.7. The van der Waals surface area contributed by atoms with Gasteiger partial charge in [0, 0.05) is 0 Å². The summed E-state index contributed by atoms with van der Waals surface area (Å²) < 4.78 is 10.5. The van der Waals surface area contributed by atoms with E-state index >= 15 is 0 Å². The first kappa shape index (κ1) is 28.3. The first-order chi connectivity index (χ1) is 18.2. The minimum Gasteiger partial charge on any atom is -0.468 e. The summed E-state index contributed by atoms with van der Waals surface area (Å²) >= 11 is 0. The number of ether oxygens (including phenoxy) is 2. The number of methoxy groups -OCH3 is 2. The predicted molar refractivity (Wildman–Crippen MR) is 144 cm³/mol. The number of aliphatic hydroxyl groups excluding tert-OH is 1. The van der Waals surface area contributed by atoms with E-state index in [1.165, 1.54) is 14.2 Å². The Morgan fingerprint density at radius 2 is 1.38 bits per heavy atom. The molecule has 0 radical (unpaired) electrons. The highest BCUT2D eigenvalue weighted by atomic mass is 16.5. The second kappa shape index (κ2) is 8.86. The molecule has 0 spiro atoms. The van der Waals surface area contributed by atoms with Crippen molar-refractivity contribution >= 4 is 23.5 Å². The van der Waals surface area contributed by atoms with E-state index in [0.717, 1.165) is 24.0 Å². The number of hydrogen-bond donors (Lipinski definition) is 1. The van der Waals surface area contributed by atoms with Crippen LogP contribution in [0.3, 0.4) is 0 Å². The van der Waals surface area contributed by atoms with Crippen LogP contribution >= 0.6 is 0 Å². The third-order valence-electron chi connectivity index (χ3n) is 12.8. The van der Waals surface area contributed by atoms with Gasteiger partial charge in [-0.3, -0.25) is 19.2 Å². The zero-order valence-electron chi connectivity index (χ0n) is 24.7. The average molecular weight is 541 g/mol. The first-order valence-electron chi connectivity index (χ1n) is 14.6. The Labute approximate surface area is 231 Å². The van der Waals surface area contributed by atoms with Gasteiger partial charge < -0.3 is 14.6 Å². The molecule has 1 N–H and O–H groups in total.